The van der Waals surface area contributed by atoms with E-state index in [0.29, 0.717) is 6.10 Å². The second-order valence-corrected chi connectivity index (χ2v) is 8.43. The maximum absolute atomic E-state index is 5.40. The molecule has 0 amide bonds. The molecule has 0 heterocycles. The van der Waals surface area contributed by atoms with Gasteiger partial charge in [0.25, 0.3) is 0 Å². The van der Waals surface area contributed by atoms with Crippen LogP contribution in [0.1, 0.15) is 0 Å². The maximum Gasteiger partial charge on any atom is 0.0649 e. The molecule has 0 radical (unpaired) electrons. The first-order valence-corrected chi connectivity index (χ1v) is 8.72. The van der Waals surface area contributed by atoms with E-state index in [9.17, 15) is 0 Å². The summed E-state index contributed by atoms with van der Waals surface area (Å²) in [5.74, 6) is 0. The fourth-order valence-corrected chi connectivity index (χ4v) is 3.41. The topological polar surface area (TPSA) is 9.23 Å². The van der Waals surface area contributed by atoms with Gasteiger partial charge in [0, 0.05) is 7.11 Å². The van der Waals surface area contributed by atoms with E-state index in [1.165, 1.54) is 12.3 Å². The van der Waals surface area contributed by atoms with Crippen molar-refractivity contribution in [1.29, 1.82) is 0 Å². The van der Waals surface area contributed by atoms with Gasteiger partial charge in [-0.25, -0.2) is 0 Å². The van der Waals surface area contributed by atoms with Crippen LogP contribution in [-0.4, -0.2) is 52.2 Å². The monoisotopic (exact) mass is 194 g/mol. The molecule has 0 aliphatic rings. The van der Waals surface area contributed by atoms with Crippen LogP contribution < -0.4 is 0 Å². The molecule has 0 fully saturated rings. The lowest BCUT2D eigenvalue weighted by Gasteiger charge is -2.19. The molecule has 0 aliphatic heterocycles. The second-order valence-electron chi connectivity index (χ2n) is 3.38. The lowest BCUT2D eigenvalue weighted by molar-refractivity contribution is 0.140. The van der Waals surface area contributed by atoms with Gasteiger partial charge in [0.2, 0.25) is 0 Å². The molecule has 0 unspecified atom stereocenters. The third-order valence-corrected chi connectivity index (χ3v) is 3.75. The molecule has 0 aromatic heterocycles. The van der Waals surface area contributed by atoms with Crippen molar-refractivity contribution in [3.63, 3.8) is 0 Å². The Morgan fingerprint density at radius 1 is 1.00 bits per heavy atom. The lowest BCUT2D eigenvalue weighted by atomic mass is 10.5. The summed E-state index contributed by atoms with van der Waals surface area (Å²) < 4.78 is 5.40. The zero-order valence-electron chi connectivity index (χ0n) is 8.29. The predicted octanol–water partition coefficient (Wildman–Crippen LogP) is 2.48. The lowest BCUT2D eigenvalue weighted by Crippen LogP contribution is -2.18. The van der Waals surface area contributed by atoms with E-state index in [1.54, 1.807) is 0 Å². The molecule has 1 nitrogen and oxygen atoms in total. The molecule has 0 aromatic carbocycles. The van der Waals surface area contributed by atoms with Crippen molar-refractivity contribution in [3.8, 4) is 0 Å². The van der Waals surface area contributed by atoms with Gasteiger partial charge in [0.15, 0.2) is 0 Å². The Labute approximate surface area is 73.4 Å². The molecule has 0 aromatic rings. The van der Waals surface area contributed by atoms with Gasteiger partial charge in [-0.1, -0.05) is 0 Å². The standard InChI is InChI=1S/C8H20OP2/c1-9-8(6-10(2)3)7-11(4)5/h8H,6-7H2,1-5H3. The number of methoxy groups -OCH3 is 1. The molecular formula is C8H20OP2. The molecule has 0 saturated heterocycles. The average Bonchev–Trinajstić information content (AvgIpc) is 1.84. The number of rotatable bonds is 5. The Bertz CT molecular complexity index is 84.1. The number of ether oxygens (including phenoxy) is 1. The van der Waals surface area contributed by atoms with E-state index in [4.69, 9.17) is 4.74 Å². The molecule has 11 heavy (non-hydrogen) atoms. The molecule has 0 rings (SSSR count). The molecule has 0 bridgehead atoms. The SMILES string of the molecule is COC(CP(C)C)CP(C)C. The zero-order valence-corrected chi connectivity index (χ0v) is 10.1. The summed E-state index contributed by atoms with van der Waals surface area (Å²) in [6, 6.07) is 0. The first-order valence-electron chi connectivity index (χ1n) is 3.88. The normalized spacial score (nSPS) is 12.0. The number of hydrogen-bond donors (Lipinski definition) is 0. The van der Waals surface area contributed by atoms with E-state index < -0.39 is 0 Å². The fourth-order valence-electron chi connectivity index (χ4n) is 1.02. The van der Waals surface area contributed by atoms with Crippen LogP contribution in [0.2, 0.25) is 0 Å². The van der Waals surface area contributed by atoms with Gasteiger partial charge < -0.3 is 4.74 Å². The summed E-state index contributed by atoms with van der Waals surface area (Å²) in [6.07, 6.45) is 3.07. The van der Waals surface area contributed by atoms with Crippen LogP contribution in [0.5, 0.6) is 0 Å². The minimum atomic E-state index is 0.209. The Hall–Kier alpha value is 0.820. The van der Waals surface area contributed by atoms with Crippen LogP contribution in [0, 0.1) is 0 Å². The molecule has 0 aliphatic carbocycles. The molecular weight excluding hydrogens is 174 g/mol. The minimum absolute atomic E-state index is 0.209. The highest BCUT2D eigenvalue weighted by molar-refractivity contribution is 7.57. The Balaban J connectivity index is 3.58. The summed E-state index contributed by atoms with van der Waals surface area (Å²) in [6.45, 7) is 9.26. The zero-order chi connectivity index (χ0) is 8.85. The Kier molecular flexibility index (Phi) is 6.82. The van der Waals surface area contributed by atoms with Gasteiger partial charge >= 0.3 is 0 Å². The highest BCUT2D eigenvalue weighted by Crippen LogP contribution is 2.32. The molecule has 0 N–H and O–H groups in total. The highest BCUT2D eigenvalue weighted by Gasteiger charge is 2.10. The average molecular weight is 194 g/mol. The molecule has 68 valence electrons. The first kappa shape index (κ1) is 11.8. The van der Waals surface area contributed by atoms with Crippen molar-refractivity contribution in [3.05, 3.63) is 0 Å². The number of hydrogen-bond acceptors (Lipinski definition) is 1. The molecule has 3 heteroatoms. The highest BCUT2D eigenvalue weighted by atomic mass is 31.1. The van der Waals surface area contributed by atoms with Crippen molar-refractivity contribution < 1.29 is 4.74 Å². The van der Waals surface area contributed by atoms with E-state index >= 15 is 0 Å². The predicted molar refractivity (Wildman–Crippen MR) is 58.1 cm³/mol. The van der Waals surface area contributed by atoms with E-state index in [0.717, 1.165) is 0 Å². The van der Waals surface area contributed by atoms with E-state index in [2.05, 4.69) is 26.7 Å². The van der Waals surface area contributed by atoms with Crippen molar-refractivity contribution >= 4 is 15.8 Å². The first-order chi connectivity index (χ1) is 5.06. The van der Waals surface area contributed by atoms with Gasteiger partial charge in [-0.15, -0.1) is 15.8 Å². The summed E-state index contributed by atoms with van der Waals surface area (Å²) >= 11 is 0. The van der Waals surface area contributed by atoms with Crippen molar-refractivity contribution in [2.45, 2.75) is 6.10 Å². The van der Waals surface area contributed by atoms with Gasteiger partial charge in [-0.2, -0.15) is 0 Å². The van der Waals surface area contributed by atoms with Crippen molar-refractivity contribution in [2.75, 3.05) is 46.1 Å². The van der Waals surface area contributed by atoms with Crippen LogP contribution in [0.15, 0.2) is 0 Å². The van der Waals surface area contributed by atoms with Crippen LogP contribution in [-0.2, 0) is 4.74 Å². The van der Waals surface area contributed by atoms with Gasteiger partial charge in [-0.05, 0) is 39.0 Å². The van der Waals surface area contributed by atoms with Crippen LogP contribution in [0.3, 0.4) is 0 Å². The van der Waals surface area contributed by atoms with E-state index in [-0.39, 0.29) is 15.8 Å². The minimum Gasteiger partial charge on any atom is -0.381 e. The van der Waals surface area contributed by atoms with Crippen LogP contribution in [0.4, 0.5) is 0 Å². The van der Waals surface area contributed by atoms with Crippen molar-refractivity contribution in [2.24, 2.45) is 0 Å². The summed E-state index contributed by atoms with van der Waals surface area (Å²) in [5, 5.41) is 0. The van der Waals surface area contributed by atoms with Gasteiger partial charge in [-0.3, -0.25) is 0 Å². The maximum atomic E-state index is 5.40. The van der Waals surface area contributed by atoms with Crippen LogP contribution in [0.25, 0.3) is 0 Å². The quantitative estimate of drug-likeness (QED) is 0.611. The van der Waals surface area contributed by atoms with E-state index in [1.807, 2.05) is 7.11 Å². The summed E-state index contributed by atoms with van der Waals surface area (Å²) in [4.78, 5) is 0. The van der Waals surface area contributed by atoms with Gasteiger partial charge in [0.1, 0.15) is 0 Å². The third-order valence-electron chi connectivity index (χ3n) is 1.47. The largest absolute Gasteiger partial charge is 0.381 e. The fraction of sp³-hybridized carbons (Fsp3) is 1.00. The second kappa shape index (κ2) is 6.35. The Morgan fingerprint density at radius 3 is 1.55 bits per heavy atom. The third kappa shape index (κ3) is 7.19. The van der Waals surface area contributed by atoms with Crippen LogP contribution >= 0.6 is 15.8 Å². The van der Waals surface area contributed by atoms with Gasteiger partial charge in [0.05, 0.1) is 6.10 Å². The molecule has 0 atom stereocenters. The Morgan fingerprint density at radius 2 is 1.36 bits per heavy atom. The molecule has 0 saturated carbocycles. The summed E-state index contributed by atoms with van der Waals surface area (Å²) in [5.41, 5.74) is 0. The smallest absolute Gasteiger partial charge is 0.0649 e. The summed E-state index contributed by atoms with van der Waals surface area (Å²) in [7, 11) is 2.25. The van der Waals surface area contributed by atoms with Crippen molar-refractivity contribution in [1.82, 2.24) is 0 Å². The molecule has 0 spiro atoms.